The van der Waals surface area contributed by atoms with Crippen LogP contribution in [0, 0.1) is 0 Å². The summed E-state index contributed by atoms with van der Waals surface area (Å²) in [5, 5.41) is 8.20. The maximum atomic E-state index is 5.46. The molecule has 6 nitrogen and oxygen atoms in total. The van der Waals surface area contributed by atoms with Crippen molar-refractivity contribution >= 4 is 40.8 Å². The Morgan fingerprint density at radius 2 is 1.88 bits per heavy atom. The smallest absolute Gasteiger partial charge is 0.191 e. The second kappa shape index (κ2) is 12.7. The van der Waals surface area contributed by atoms with Crippen LogP contribution in [0.5, 0.6) is 5.75 Å². The Morgan fingerprint density at radius 3 is 2.67 bits per heavy atom. The van der Waals surface area contributed by atoms with Gasteiger partial charge in [0.2, 0.25) is 0 Å². The van der Waals surface area contributed by atoms with Crippen LogP contribution in [-0.4, -0.2) is 56.2 Å². The summed E-state index contributed by atoms with van der Waals surface area (Å²) < 4.78 is 5.46. The van der Waals surface area contributed by atoms with Crippen molar-refractivity contribution < 1.29 is 4.74 Å². The van der Waals surface area contributed by atoms with Crippen molar-refractivity contribution in [1.82, 2.24) is 20.5 Å². The highest BCUT2D eigenvalue weighted by molar-refractivity contribution is 14.0. The molecule has 2 heterocycles. The van der Waals surface area contributed by atoms with Crippen LogP contribution in [0.25, 0.3) is 10.9 Å². The first kappa shape index (κ1) is 25.2. The maximum absolute atomic E-state index is 5.46. The molecule has 2 N–H and O–H groups in total. The minimum Gasteiger partial charge on any atom is -0.497 e. The van der Waals surface area contributed by atoms with Gasteiger partial charge in [0.05, 0.1) is 18.7 Å². The van der Waals surface area contributed by atoms with Gasteiger partial charge in [0.15, 0.2) is 5.96 Å². The highest BCUT2D eigenvalue weighted by Crippen LogP contribution is 2.27. The number of fused-ring (bicyclic) bond motifs is 1. The maximum Gasteiger partial charge on any atom is 0.191 e. The second-order valence-electron chi connectivity index (χ2n) is 8.16. The first-order valence-corrected chi connectivity index (χ1v) is 11.4. The van der Waals surface area contributed by atoms with Gasteiger partial charge in [-0.1, -0.05) is 36.4 Å². The molecule has 0 amide bonds. The number of benzene rings is 2. The van der Waals surface area contributed by atoms with Gasteiger partial charge in [0.25, 0.3) is 0 Å². The number of nitrogens with zero attached hydrogens (tertiary/aromatic N) is 3. The van der Waals surface area contributed by atoms with Crippen LogP contribution in [0.3, 0.4) is 0 Å². The molecule has 1 aromatic heterocycles. The highest BCUT2D eigenvalue weighted by atomic mass is 127. The molecule has 176 valence electrons. The zero-order chi connectivity index (χ0) is 22.2. The molecule has 0 saturated carbocycles. The van der Waals surface area contributed by atoms with Gasteiger partial charge in [0, 0.05) is 31.7 Å². The van der Waals surface area contributed by atoms with Gasteiger partial charge in [-0.2, -0.15) is 0 Å². The molecule has 0 aliphatic carbocycles. The van der Waals surface area contributed by atoms with E-state index in [4.69, 9.17) is 4.74 Å². The van der Waals surface area contributed by atoms with Crippen molar-refractivity contribution in [3.63, 3.8) is 0 Å². The minimum atomic E-state index is 0. The number of nitrogens with one attached hydrogen (secondary N) is 2. The number of aliphatic imine (C=N–C) groups is 1. The Morgan fingerprint density at radius 1 is 1.09 bits per heavy atom. The molecule has 0 bridgehead atoms. The third-order valence-corrected chi connectivity index (χ3v) is 6.15. The molecular formula is C26H34IN5O. The van der Waals surface area contributed by atoms with Gasteiger partial charge in [0.1, 0.15) is 5.75 Å². The Hall–Kier alpha value is -2.39. The molecule has 1 fully saturated rings. The molecule has 1 unspecified atom stereocenters. The zero-order valence-corrected chi connectivity index (χ0v) is 21.8. The van der Waals surface area contributed by atoms with Crippen LogP contribution in [0.2, 0.25) is 0 Å². The number of rotatable bonds is 8. The summed E-state index contributed by atoms with van der Waals surface area (Å²) >= 11 is 0. The molecule has 1 saturated heterocycles. The van der Waals surface area contributed by atoms with E-state index in [-0.39, 0.29) is 30.0 Å². The van der Waals surface area contributed by atoms with Gasteiger partial charge in [-0.25, -0.2) is 0 Å². The summed E-state index contributed by atoms with van der Waals surface area (Å²) in [5.74, 6) is 1.73. The number of methoxy groups -OCH3 is 1. The average Bonchev–Trinajstić information content (AvgIpc) is 3.38. The fourth-order valence-electron chi connectivity index (χ4n) is 4.46. The molecule has 2 aromatic carbocycles. The average molecular weight is 559 g/mol. The molecule has 1 atom stereocenters. The summed E-state index contributed by atoms with van der Waals surface area (Å²) in [6.45, 7) is 3.85. The summed E-state index contributed by atoms with van der Waals surface area (Å²) in [6, 6.07) is 19.1. The van der Waals surface area contributed by atoms with Crippen LogP contribution in [-0.2, 0) is 6.42 Å². The van der Waals surface area contributed by atoms with Gasteiger partial charge in [-0.05, 0) is 61.7 Å². The number of hydrogen-bond acceptors (Lipinski definition) is 4. The third-order valence-electron chi connectivity index (χ3n) is 6.15. The van der Waals surface area contributed by atoms with E-state index in [0.29, 0.717) is 0 Å². The SMILES string of the molecule is CN=C(NCCc1cccc2cccnc12)NCC(c1cccc(OC)c1)N1CCCC1.I. The number of hydrogen-bond donors (Lipinski definition) is 2. The van der Waals surface area contributed by atoms with Gasteiger partial charge >= 0.3 is 0 Å². The van der Waals surface area contributed by atoms with E-state index in [1.807, 2.05) is 25.4 Å². The second-order valence-corrected chi connectivity index (χ2v) is 8.16. The number of guanidine groups is 1. The van der Waals surface area contributed by atoms with Crippen LogP contribution in [0.4, 0.5) is 0 Å². The lowest BCUT2D eigenvalue weighted by Gasteiger charge is -2.29. The molecule has 1 aliphatic rings. The van der Waals surface area contributed by atoms with Gasteiger partial charge in [-0.15, -0.1) is 24.0 Å². The predicted molar refractivity (Wildman–Crippen MR) is 147 cm³/mol. The number of halogens is 1. The van der Waals surface area contributed by atoms with Crippen molar-refractivity contribution in [3.8, 4) is 5.75 Å². The summed E-state index contributed by atoms with van der Waals surface area (Å²) in [5.41, 5.74) is 3.60. The van der Waals surface area contributed by atoms with Crippen molar-refractivity contribution in [2.75, 3.05) is 40.3 Å². The van der Waals surface area contributed by atoms with E-state index in [9.17, 15) is 0 Å². The largest absolute Gasteiger partial charge is 0.497 e. The van der Waals surface area contributed by atoms with Gasteiger partial charge in [-0.3, -0.25) is 14.9 Å². The van der Waals surface area contributed by atoms with Crippen molar-refractivity contribution in [1.29, 1.82) is 0 Å². The van der Waals surface area contributed by atoms with E-state index in [1.165, 1.54) is 29.4 Å². The number of ether oxygens (including phenoxy) is 1. The quantitative estimate of drug-likeness (QED) is 0.244. The fraction of sp³-hybridized carbons (Fsp3) is 0.385. The summed E-state index contributed by atoms with van der Waals surface area (Å²) in [7, 11) is 3.55. The van der Waals surface area contributed by atoms with Crippen molar-refractivity contribution in [2.45, 2.75) is 25.3 Å². The molecule has 1 aliphatic heterocycles. The first-order chi connectivity index (χ1) is 15.8. The standard InChI is InChI=1S/C26H33N5O.HI/c1-27-26(29-15-13-21-9-5-8-20-11-7-14-28-25(20)21)30-19-24(31-16-3-4-17-31)22-10-6-12-23(18-22)32-2;/h5-12,14,18,24H,3-4,13,15-17,19H2,1-2H3,(H2,27,29,30);1H. The number of pyridine rings is 1. The lowest BCUT2D eigenvalue weighted by atomic mass is 10.1. The Labute approximate surface area is 213 Å². The number of para-hydroxylation sites is 1. The van der Waals surface area contributed by atoms with E-state index in [0.717, 1.165) is 49.8 Å². The Bertz CT molecular complexity index is 1050. The highest BCUT2D eigenvalue weighted by Gasteiger charge is 2.24. The normalized spacial score (nSPS) is 15.2. The molecule has 33 heavy (non-hydrogen) atoms. The molecule has 0 radical (unpaired) electrons. The summed E-state index contributed by atoms with van der Waals surface area (Å²) in [6.07, 6.45) is 5.26. The van der Waals surface area contributed by atoms with Crippen LogP contribution in [0.1, 0.15) is 30.0 Å². The molecule has 0 spiro atoms. The Balaban J connectivity index is 0.00000306. The van der Waals surface area contributed by atoms with E-state index in [1.54, 1.807) is 7.11 Å². The Kier molecular flexibility index (Phi) is 9.75. The predicted octanol–water partition coefficient (Wildman–Crippen LogP) is 4.41. The summed E-state index contributed by atoms with van der Waals surface area (Å²) in [4.78, 5) is 11.6. The first-order valence-electron chi connectivity index (χ1n) is 11.4. The minimum absolute atomic E-state index is 0. The lowest BCUT2D eigenvalue weighted by molar-refractivity contribution is 0.245. The van der Waals surface area contributed by atoms with Crippen LogP contribution in [0.15, 0.2) is 65.8 Å². The number of likely N-dealkylation sites (tertiary alicyclic amines) is 1. The topological polar surface area (TPSA) is 61.8 Å². The van der Waals surface area contributed by atoms with Crippen molar-refractivity contribution in [3.05, 3.63) is 71.9 Å². The monoisotopic (exact) mass is 559 g/mol. The van der Waals surface area contributed by atoms with Crippen LogP contribution >= 0.6 is 24.0 Å². The van der Waals surface area contributed by atoms with Crippen LogP contribution < -0.4 is 15.4 Å². The number of aromatic nitrogens is 1. The fourth-order valence-corrected chi connectivity index (χ4v) is 4.46. The van der Waals surface area contributed by atoms with E-state index >= 15 is 0 Å². The third kappa shape index (κ3) is 6.57. The van der Waals surface area contributed by atoms with Gasteiger partial charge < -0.3 is 15.4 Å². The van der Waals surface area contributed by atoms with E-state index in [2.05, 4.69) is 68.0 Å². The molecule has 3 aromatic rings. The zero-order valence-electron chi connectivity index (χ0n) is 19.5. The van der Waals surface area contributed by atoms with E-state index < -0.39 is 0 Å². The van der Waals surface area contributed by atoms with Crippen molar-refractivity contribution in [2.24, 2.45) is 4.99 Å². The lowest BCUT2D eigenvalue weighted by Crippen LogP contribution is -2.43. The molecule has 7 heteroatoms. The molecular weight excluding hydrogens is 525 g/mol. The molecule has 4 rings (SSSR count).